The molecule has 0 aromatic heterocycles. The van der Waals surface area contributed by atoms with Crippen molar-refractivity contribution in [2.24, 2.45) is 5.41 Å². The van der Waals surface area contributed by atoms with E-state index < -0.39 is 5.41 Å². The van der Waals surface area contributed by atoms with E-state index in [1.54, 1.807) is 14.0 Å². The Bertz CT molecular complexity index is 574. The average Bonchev–Trinajstić information content (AvgIpc) is 2.57. The summed E-state index contributed by atoms with van der Waals surface area (Å²) in [5.74, 6) is 0.443. The van der Waals surface area contributed by atoms with Gasteiger partial charge in [0.25, 0.3) is 0 Å². The molecule has 1 saturated carbocycles. The minimum Gasteiger partial charge on any atom is -0.497 e. The van der Waals surface area contributed by atoms with Gasteiger partial charge in [0.05, 0.1) is 13.7 Å². The van der Waals surface area contributed by atoms with E-state index in [1.807, 2.05) is 36.4 Å². The maximum atomic E-state index is 12.4. The highest BCUT2D eigenvalue weighted by atomic mass is 16.5. The van der Waals surface area contributed by atoms with Gasteiger partial charge in [-0.15, -0.1) is 0 Å². The first-order valence-electron chi connectivity index (χ1n) is 8.13. The molecule has 124 valence electrons. The van der Waals surface area contributed by atoms with Crippen molar-refractivity contribution in [1.29, 1.82) is 0 Å². The highest BCUT2D eigenvalue weighted by Gasteiger charge is 2.46. The van der Waals surface area contributed by atoms with Crippen LogP contribution >= 0.6 is 0 Å². The lowest BCUT2D eigenvalue weighted by Crippen LogP contribution is -2.42. The van der Waals surface area contributed by atoms with E-state index in [4.69, 9.17) is 9.47 Å². The number of carbonyl (C=O) groups is 2. The normalized spacial score (nSPS) is 21.4. The zero-order chi connectivity index (χ0) is 16.7. The first kappa shape index (κ1) is 17.3. The lowest BCUT2D eigenvalue weighted by Gasteiger charge is -2.32. The SMILES string of the molecule is CCOC(=O)[C@]1(C/C=C/c2ccc(OC)cc2)CCCCC1=O. The second-order valence-electron chi connectivity index (χ2n) is 5.81. The summed E-state index contributed by atoms with van der Waals surface area (Å²) in [5, 5.41) is 0. The second-order valence-corrected chi connectivity index (χ2v) is 5.81. The van der Waals surface area contributed by atoms with Crippen molar-refractivity contribution < 1.29 is 19.1 Å². The summed E-state index contributed by atoms with van der Waals surface area (Å²) in [6, 6.07) is 7.64. The number of methoxy groups -OCH3 is 1. The highest BCUT2D eigenvalue weighted by Crippen LogP contribution is 2.38. The molecule has 1 aliphatic carbocycles. The molecule has 1 atom stereocenters. The number of allylic oxidation sites excluding steroid dienone is 1. The quantitative estimate of drug-likeness (QED) is 0.592. The molecule has 0 N–H and O–H groups in total. The van der Waals surface area contributed by atoms with Gasteiger partial charge in [-0.05, 0) is 43.9 Å². The molecule has 1 fully saturated rings. The van der Waals surface area contributed by atoms with Gasteiger partial charge in [0.1, 0.15) is 16.9 Å². The summed E-state index contributed by atoms with van der Waals surface area (Å²) in [7, 11) is 1.63. The maximum absolute atomic E-state index is 12.4. The third kappa shape index (κ3) is 4.01. The highest BCUT2D eigenvalue weighted by molar-refractivity contribution is 6.04. The van der Waals surface area contributed by atoms with Crippen LogP contribution in [0.5, 0.6) is 5.75 Å². The van der Waals surface area contributed by atoms with Crippen LogP contribution in [-0.2, 0) is 14.3 Å². The number of benzene rings is 1. The van der Waals surface area contributed by atoms with Crippen LogP contribution in [0.25, 0.3) is 6.08 Å². The molecule has 0 aliphatic heterocycles. The number of rotatable bonds is 6. The predicted molar refractivity (Wildman–Crippen MR) is 89.2 cm³/mol. The van der Waals surface area contributed by atoms with Crippen LogP contribution in [0, 0.1) is 5.41 Å². The van der Waals surface area contributed by atoms with Gasteiger partial charge in [-0.2, -0.15) is 0 Å². The fourth-order valence-corrected chi connectivity index (χ4v) is 2.99. The van der Waals surface area contributed by atoms with E-state index in [-0.39, 0.29) is 11.8 Å². The van der Waals surface area contributed by atoms with Gasteiger partial charge < -0.3 is 9.47 Å². The number of Topliss-reactive ketones (excluding diaryl/α,β-unsaturated/α-hetero) is 1. The number of carbonyl (C=O) groups excluding carboxylic acids is 2. The smallest absolute Gasteiger partial charge is 0.319 e. The Balaban J connectivity index is 2.12. The van der Waals surface area contributed by atoms with Gasteiger partial charge in [0.2, 0.25) is 0 Å². The lowest BCUT2D eigenvalue weighted by atomic mass is 9.70. The zero-order valence-corrected chi connectivity index (χ0v) is 13.8. The molecule has 1 aliphatic rings. The summed E-state index contributed by atoms with van der Waals surface area (Å²) >= 11 is 0. The molecule has 1 aromatic rings. The average molecular weight is 316 g/mol. The Morgan fingerprint density at radius 3 is 2.61 bits per heavy atom. The van der Waals surface area contributed by atoms with Crippen LogP contribution in [0.2, 0.25) is 0 Å². The number of esters is 1. The predicted octanol–water partition coefficient (Wildman–Crippen LogP) is 3.79. The Labute approximate surface area is 137 Å². The molecule has 4 heteroatoms. The fraction of sp³-hybridized carbons (Fsp3) is 0.474. The topological polar surface area (TPSA) is 52.6 Å². The molecule has 0 unspecified atom stereocenters. The molecule has 0 radical (unpaired) electrons. The third-order valence-corrected chi connectivity index (χ3v) is 4.35. The molecule has 23 heavy (non-hydrogen) atoms. The molecule has 4 nitrogen and oxygen atoms in total. The van der Waals surface area contributed by atoms with Crippen molar-refractivity contribution in [3.63, 3.8) is 0 Å². The first-order valence-corrected chi connectivity index (χ1v) is 8.13. The standard InChI is InChI=1S/C19H24O4/c1-3-23-18(21)19(13-5-4-8-17(19)20)14-6-7-15-9-11-16(22-2)12-10-15/h6-7,9-12H,3-5,8,13-14H2,1-2H3/b7-6+/t19-/m0/s1. The van der Waals surface area contributed by atoms with Gasteiger partial charge in [-0.3, -0.25) is 9.59 Å². The fourth-order valence-electron chi connectivity index (χ4n) is 2.99. The molecule has 2 rings (SSSR count). The van der Waals surface area contributed by atoms with Crippen LogP contribution in [-0.4, -0.2) is 25.5 Å². The van der Waals surface area contributed by atoms with E-state index in [1.165, 1.54) is 0 Å². The van der Waals surface area contributed by atoms with Crippen molar-refractivity contribution in [1.82, 2.24) is 0 Å². The van der Waals surface area contributed by atoms with Crippen LogP contribution in [0.4, 0.5) is 0 Å². The molecule has 0 bridgehead atoms. The van der Waals surface area contributed by atoms with Crippen molar-refractivity contribution >= 4 is 17.8 Å². The van der Waals surface area contributed by atoms with E-state index >= 15 is 0 Å². The number of hydrogen-bond acceptors (Lipinski definition) is 4. The van der Waals surface area contributed by atoms with E-state index in [0.29, 0.717) is 25.9 Å². The van der Waals surface area contributed by atoms with Gasteiger partial charge in [0, 0.05) is 6.42 Å². The van der Waals surface area contributed by atoms with Gasteiger partial charge in [-0.1, -0.05) is 30.7 Å². The number of ketones is 1. The van der Waals surface area contributed by atoms with Crippen molar-refractivity contribution in [2.75, 3.05) is 13.7 Å². The molecular weight excluding hydrogens is 292 g/mol. The number of ether oxygens (including phenoxy) is 2. The minimum atomic E-state index is -0.989. The van der Waals surface area contributed by atoms with E-state index in [9.17, 15) is 9.59 Å². The summed E-state index contributed by atoms with van der Waals surface area (Å²) < 4.78 is 10.3. The van der Waals surface area contributed by atoms with Crippen LogP contribution in [0.3, 0.4) is 0 Å². The van der Waals surface area contributed by atoms with Crippen LogP contribution in [0.15, 0.2) is 30.3 Å². The number of hydrogen-bond donors (Lipinski definition) is 0. The Kier molecular flexibility index (Phi) is 5.97. The van der Waals surface area contributed by atoms with E-state index in [0.717, 1.165) is 24.2 Å². The summed E-state index contributed by atoms with van der Waals surface area (Å²) in [5.41, 5.74) is 0.0186. The minimum absolute atomic E-state index is 0.0154. The lowest BCUT2D eigenvalue weighted by molar-refractivity contribution is -0.162. The summed E-state index contributed by atoms with van der Waals surface area (Å²) in [4.78, 5) is 24.8. The molecule has 0 spiro atoms. The first-order chi connectivity index (χ1) is 11.1. The molecule has 0 saturated heterocycles. The monoisotopic (exact) mass is 316 g/mol. The molecule has 0 amide bonds. The maximum Gasteiger partial charge on any atom is 0.319 e. The Morgan fingerprint density at radius 2 is 2.00 bits per heavy atom. The second kappa shape index (κ2) is 7.95. The van der Waals surface area contributed by atoms with Gasteiger partial charge >= 0.3 is 5.97 Å². The summed E-state index contributed by atoms with van der Waals surface area (Å²) in [6.45, 7) is 2.07. The molecular formula is C19H24O4. The molecule has 0 heterocycles. The van der Waals surface area contributed by atoms with Gasteiger partial charge in [-0.25, -0.2) is 0 Å². The van der Waals surface area contributed by atoms with Crippen molar-refractivity contribution in [3.8, 4) is 5.75 Å². The largest absolute Gasteiger partial charge is 0.497 e. The Hall–Kier alpha value is -2.10. The summed E-state index contributed by atoms with van der Waals surface area (Å²) in [6.07, 6.45) is 7.04. The van der Waals surface area contributed by atoms with E-state index in [2.05, 4.69) is 0 Å². The van der Waals surface area contributed by atoms with Crippen molar-refractivity contribution in [3.05, 3.63) is 35.9 Å². The van der Waals surface area contributed by atoms with Gasteiger partial charge in [0.15, 0.2) is 0 Å². The van der Waals surface area contributed by atoms with Crippen LogP contribution < -0.4 is 4.74 Å². The van der Waals surface area contributed by atoms with Crippen LogP contribution in [0.1, 0.15) is 44.6 Å². The molecule has 1 aromatic carbocycles. The van der Waals surface area contributed by atoms with Crippen molar-refractivity contribution in [2.45, 2.75) is 39.0 Å². The third-order valence-electron chi connectivity index (χ3n) is 4.35. The Morgan fingerprint density at radius 1 is 1.26 bits per heavy atom. The zero-order valence-electron chi connectivity index (χ0n) is 13.8.